The number of hydrogen-bond donors (Lipinski definition) is 2. The van der Waals surface area contributed by atoms with Crippen LogP contribution in [0.4, 0.5) is 5.69 Å². The summed E-state index contributed by atoms with van der Waals surface area (Å²) in [6.07, 6.45) is 6.68. The Kier molecular flexibility index (Phi) is 7.37. The third-order valence-corrected chi connectivity index (χ3v) is 2.90. The molecule has 0 bridgehead atoms. The minimum absolute atomic E-state index is 0.0767. The molecule has 1 aromatic rings. The Labute approximate surface area is 127 Å². The Hall–Kier alpha value is -1.97. The molecule has 116 valence electrons. The van der Waals surface area contributed by atoms with E-state index in [0.717, 1.165) is 31.4 Å². The van der Waals surface area contributed by atoms with Crippen molar-refractivity contribution in [3.05, 3.63) is 29.8 Å². The van der Waals surface area contributed by atoms with Crippen LogP contribution in [0.1, 0.15) is 45.6 Å². The van der Waals surface area contributed by atoms with Gasteiger partial charge in [-0.1, -0.05) is 25.8 Å². The fraction of sp³-hybridized carbons (Fsp3) is 0.471. The lowest BCUT2D eigenvalue weighted by molar-refractivity contribution is -0.116. The zero-order valence-electron chi connectivity index (χ0n) is 13.2. The van der Waals surface area contributed by atoms with Crippen LogP contribution >= 0.6 is 0 Å². The van der Waals surface area contributed by atoms with E-state index >= 15 is 0 Å². The van der Waals surface area contributed by atoms with Gasteiger partial charge in [-0.2, -0.15) is 0 Å². The van der Waals surface area contributed by atoms with Gasteiger partial charge in [-0.15, -0.1) is 0 Å². The summed E-state index contributed by atoms with van der Waals surface area (Å²) in [5.74, 6) is 0.596. The number of ether oxygens (including phenoxy) is 1. The molecule has 0 aliphatic heterocycles. The first kappa shape index (κ1) is 17.1. The van der Waals surface area contributed by atoms with Crippen molar-refractivity contribution in [2.75, 3.05) is 12.3 Å². The molecule has 0 aliphatic carbocycles. The molecule has 1 amide bonds. The van der Waals surface area contributed by atoms with Gasteiger partial charge in [-0.05, 0) is 44.0 Å². The van der Waals surface area contributed by atoms with Crippen molar-refractivity contribution in [2.24, 2.45) is 0 Å². The minimum atomic E-state index is -0.0767. The number of carbonyl (C=O) groups excluding carboxylic acids is 1. The van der Waals surface area contributed by atoms with Gasteiger partial charge in [0.25, 0.3) is 0 Å². The second-order valence-electron chi connectivity index (χ2n) is 5.30. The second-order valence-corrected chi connectivity index (χ2v) is 5.30. The Morgan fingerprint density at radius 2 is 2.14 bits per heavy atom. The summed E-state index contributed by atoms with van der Waals surface area (Å²) < 4.78 is 5.57. The number of amides is 1. The molecule has 0 saturated carbocycles. The predicted octanol–water partition coefficient (Wildman–Crippen LogP) is 3.38. The van der Waals surface area contributed by atoms with Crippen molar-refractivity contribution in [2.45, 2.75) is 46.1 Å². The summed E-state index contributed by atoms with van der Waals surface area (Å²) in [6, 6.07) is 5.52. The Morgan fingerprint density at radius 3 is 2.76 bits per heavy atom. The lowest BCUT2D eigenvalue weighted by Crippen LogP contribution is -2.21. The largest absolute Gasteiger partial charge is 0.489 e. The second kappa shape index (κ2) is 9.06. The molecule has 0 heterocycles. The fourth-order valence-corrected chi connectivity index (χ4v) is 1.85. The van der Waals surface area contributed by atoms with Crippen LogP contribution in [0.5, 0.6) is 5.75 Å². The Morgan fingerprint density at radius 1 is 1.38 bits per heavy atom. The molecule has 0 aromatic heterocycles. The third-order valence-electron chi connectivity index (χ3n) is 2.90. The van der Waals surface area contributed by atoms with E-state index in [0.29, 0.717) is 11.4 Å². The van der Waals surface area contributed by atoms with E-state index in [4.69, 9.17) is 10.5 Å². The number of carbonyl (C=O) groups is 1. The Bertz CT molecular complexity index is 482. The van der Waals surface area contributed by atoms with E-state index in [1.165, 1.54) is 6.08 Å². The molecule has 4 heteroatoms. The van der Waals surface area contributed by atoms with Gasteiger partial charge >= 0.3 is 0 Å². The standard InChI is InChI=1S/C17H26N2O2/c1-4-5-6-11-19-17(20)10-8-14-7-9-16(15(18)12-14)21-13(2)3/h7-10,12-13H,4-6,11,18H2,1-3H3,(H,19,20)/b10-8-. The van der Waals surface area contributed by atoms with Gasteiger partial charge in [0.2, 0.25) is 5.91 Å². The van der Waals surface area contributed by atoms with E-state index in [2.05, 4.69) is 12.2 Å². The first-order valence-electron chi connectivity index (χ1n) is 7.55. The average molecular weight is 290 g/mol. The van der Waals surface area contributed by atoms with Crippen LogP contribution in [0.3, 0.4) is 0 Å². The molecule has 0 fully saturated rings. The molecule has 3 N–H and O–H groups in total. The summed E-state index contributed by atoms with van der Waals surface area (Å²) >= 11 is 0. The first-order chi connectivity index (χ1) is 10.0. The monoisotopic (exact) mass is 290 g/mol. The zero-order valence-corrected chi connectivity index (χ0v) is 13.2. The predicted molar refractivity (Wildman–Crippen MR) is 88.2 cm³/mol. The highest BCUT2D eigenvalue weighted by molar-refractivity contribution is 5.91. The number of nitrogen functional groups attached to an aromatic ring is 1. The molecule has 0 radical (unpaired) electrons. The molecular formula is C17H26N2O2. The maximum Gasteiger partial charge on any atom is 0.243 e. The molecule has 0 saturated heterocycles. The number of rotatable bonds is 8. The van der Waals surface area contributed by atoms with Crippen LogP contribution in [0.15, 0.2) is 24.3 Å². The van der Waals surface area contributed by atoms with Gasteiger partial charge in [-0.3, -0.25) is 4.79 Å². The zero-order chi connectivity index (χ0) is 15.7. The van der Waals surface area contributed by atoms with Gasteiger partial charge in [0.1, 0.15) is 5.75 Å². The molecule has 0 spiro atoms. The third kappa shape index (κ3) is 6.84. The lowest BCUT2D eigenvalue weighted by Gasteiger charge is -2.12. The Balaban J connectivity index is 2.52. The molecule has 1 rings (SSSR count). The van der Waals surface area contributed by atoms with Crippen molar-refractivity contribution < 1.29 is 9.53 Å². The van der Waals surface area contributed by atoms with Crippen molar-refractivity contribution in [3.63, 3.8) is 0 Å². The van der Waals surface area contributed by atoms with E-state index < -0.39 is 0 Å². The summed E-state index contributed by atoms with van der Waals surface area (Å²) in [7, 11) is 0. The summed E-state index contributed by atoms with van der Waals surface area (Å²) in [4.78, 5) is 11.6. The number of benzene rings is 1. The molecule has 21 heavy (non-hydrogen) atoms. The van der Waals surface area contributed by atoms with Crippen LogP contribution < -0.4 is 15.8 Å². The minimum Gasteiger partial charge on any atom is -0.489 e. The lowest BCUT2D eigenvalue weighted by atomic mass is 10.1. The molecule has 4 nitrogen and oxygen atoms in total. The summed E-state index contributed by atoms with van der Waals surface area (Å²) in [5.41, 5.74) is 7.39. The van der Waals surface area contributed by atoms with Crippen LogP contribution in [0.2, 0.25) is 0 Å². The maximum absolute atomic E-state index is 11.6. The quantitative estimate of drug-likeness (QED) is 0.438. The molecular weight excluding hydrogens is 264 g/mol. The highest BCUT2D eigenvalue weighted by atomic mass is 16.5. The normalized spacial score (nSPS) is 11.0. The molecule has 0 atom stereocenters. The smallest absolute Gasteiger partial charge is 0.243 e. The fourth-order valence-electron chi connectivity index (χ4n) is 1.85. The van der Waals surface area contributed by atoms with Crippen molar-refractivity contribution >= 4 is 17.7 Å². The SMILES string of the molecule is CCCCCNC(=O)/C=C\c1ccc(OC(C)C)c(N)c1. The van der Waals surface area contributed by atoms with Gasteiger partial charge in [0, 0.05) is 12.6 Å². The van der Waals surface area contributed by atoms with Gasteiger partial charge < -0.3 is 15.8 Å². The van der Waals surface area contributed by atoms with Crippen LogP contribution in [0.25, 0.3) is 6.08 Å². The van der Waals surface area contributed by atoms with E-state index in [9.17, 15) is 4.79 Å². The topological polar surface area (TPSA) is 64.3 Å². The molecule has 1 aromatic carbocycles. The van der Waals surface area contributed by atoms with Gasteiger partial charge in [-0.25, -0.2) is 0 Å². The van der Waals surface area contributed by atoms with Crippen molar-refractivity contribution in [1.82, 2.24) is 5.32 Å². The van der Waals surface area contributed by atoms with Crippen molar-refractivity contribution in [3.8, 4) is 5.75 Å². The van der Waals surface area contributed by atoms with Gasteiger partial charge in [0.15, 0.2) is 0 Å². The average Bonchev–Trinajstić information content (AvgIpc) is 2.43. The number of hydrogen-bond acceptors (Lipinski definition) is 3. The van der Waals surface area contributed by atoms with Crippen LogP contribution in [-0.2, 0) is 4.79 Å². The number of unbranched alkanes of at least 4 members (excludes halogenated alkanes) is 2. The van der Waals surface area contributed by atoms with Crippen molar-refractivity contribution in [1.29, 1.82) is 0 Å². The number of nitrogens with one attached hydrogen (secondary N) is 1. The summed E-state index contributed by atoms with van der Waals surface area (Å²) in [5, 5.41) is 2.86. The van der Waals surface area contributed by atoms with Crippen LogP contribution in [0, 0.1) is 0 Å². The maximum atomic E-state index is 11.6. The number of nitrogens with two attached hydrogens (primary N) is 1. The van der Waals surface area contributed by atoms with Crippen LogP contribution in [-0.4, -0.2) is 18.6 Å². The first-order valence-corrected chi connectivity index (χ1v) is 7.55. The highest BCUT2D eigenvalue weighted by Crippen LogP contribution is 2.24. The number of anilines is 1. The summed E-state index contributed by atoms with van der Waals surface area (Å²) in [6.45, 7) is 6.77. The van der Waals surface area contributed by atoms with E-state index in [1.54, 1.807) is 12.1 Å². The van der Waals surface area contributed by atoms with Gasteiger partial charge in [0.05, 0.1) is 11.8 Å². The van der Waals surface area contributed by atoms with E-state index in [-0.39, 0.29) is 12.0 Å². The highest BCUT2D eigenvalue weighted by Gasteiger charge is 2.03. The molecule has 0 aliphatic rings. The van der Waals surface area contributed by atoms with E-state index in [1.807, 2.05) is 26.0 Å². The molecule has 0 unspecified atom stereocenters.